The van der Waals surface area contributed by atoms with Gasteiger partial charge in [-0.15, -0.1) is 0 Å². The lowest BCUT2D eigenvalue weighted by Gasteiger charge is -2.26. The van der Waals surface area contributed by atoms with Crippen LogP contribution in [0.2, 0.25) is 0 Å². The van der Waals surface area contributed by atoms with Gasteiger partial charge in [0.2, 0.25) is 0 Å². The molecule has 0 unspecified atom stereocenters. The van der Waals surface area contributed by atoms with E-state index in [1.807, 2.05) is 13.8 Å². The highest BCUT2D eigenvalue weighted by Crippen LogP contribution is 2.23. The number of allylic oxidation sites excluding steroid dienone is 4. The molecule has 0 aliphatic carbocycles. The molecule has 0 fully saturated rings. The molecule has 1 heterocycles. The monoisotopic (exact) mass is 298 g/mol. The fourth-order valence-electron chi connectivity index (χ4n) is 2.46. The quantitative estimate of drug-likeness (QED) is 0.891. The van der Waals surface area contributed by atoms with Crippen molar-refractivity contribution < 1.29 is 0 Å². The first-order chi connectivity index (χ1) is 10.8. The van der Waals surface area contributed by atoms with Crippen molar-refractivity contribution in [1.82, 2.24) is 0 Å². The smallest absolute Gasteiger partial charge is 0.0401 e. The van der Waals surface area contributed by atoms with Gasteiger partial charge < -0.3 is 10.6 Å². The van der Waals surface area contributed by atoms with Crippen LogP contribution < -0.4 is 10.6 Å². The molecule has 0 saturated heterocycles. The summed E-state index contributed by atoms with van der Waals surface area (Å²) in [5, 5.41) is 0. The van der Waals surface area contributed by atoms with Crippen LogP contribution in [0.25, 0.3) is 0 Å². The van der Waals surface area contributed by atoms with Gasteiger partial charge >= 0.3 is 0 Å². The molecule has 0 radical (unpaired) electrons. The van der Waals surface area contributed by atoms with Gasteiger partial charge in [0, 0.05) is 18.8 Å². The van der Waals surface area contributed by atoms with E-state index in [0.717, 1.165) is 38.9 Å². The van der Waals surface area contributed by atoms with Crippen molar-refractivity contribution in [1.29, 1.82) is 0 Å². The molecule has 0 amide bonds. The number of nitrogens with zero attached hydrogens (tertiary/aromatic N) is 1. The Morgan fingerprint density at radius 1 is 1.14 bits per heavy atom. The van der Waals surface area contributed by atoms with Gasteiger partial charge in [0.25, 0.3) is 0 Å². The third-order valence-electron chi connectivity index (χ3n) is 3.58. The summed E-state index contributed by atoms with van der Waals surface area (Å²) in [4.78, 5) is 2.42. The zero-order valence-corrected chi connectivity index (χ0v) is 14.1. The van der Waals surface area contributed by atoms with Crippen LogP contribution in [0.15, 0.2) is 60.7 Å². The Labute approximate surface area is 136 Å². The van der Waals surface area contributed by atoms with E-state index in [2.05, 4.69) is 60.0 Å². The van der Waals surface area contributed by atoms with Crippen LogP contribution in [-0.4, -0.2) is 19.6 Å². The number of hydrogen-bond acceptors (Lipinski definition) is 2. The minimum atomic E-state index is 0.735. The van der Waals surface area contributed by atoms with Gasteiger partial charge in [0.1, 0.15) is 0 Å². The van der Waals surface area contributed by atoms with Gasteiger partial charge in [-0.1, -0.05) is 68.5 Å². The van der Waals surface area contributed by atoms with Crippen molar-refractivity contribution in [2.24, 2.45) is 5.73 Å². The largest absolute Gasteiger partial charge is 0.368 e. The van der Waals surface area contributed by atoms with E-state index in [1.165, 1.54) is 16.8 Å². The van der Waals surface area contributed by atoms with E-state index < -0.39 is 0 Å². The third-order valence-corrected chi connectivity index (χ3v) is 3.58. The molecule has 2 rings (SSSR count). The topological polar surface area (TPSA) is 29.3 Å². The number of para-hydroxylation sites is 1. The Bertz CT molecular complexity index is 500. The number of fused-ring (bicyclic) bond motifs is 1. The number of nitrogens with two attached hydrogens (primary N) is 1. The highest BCUT2D eigenvalue weighted by molar-refractivity contribution is 5.54. The lowest BCUT2D eigenvalue weighted by atomic mass is 10.0. The molecule has 2 heteroatoms. The Morgan fingerprint density at radius 3 is 2.68 bits per heavy atom. The summed E-state index contributed by atoms with van der Waals surface area (Å²) in [7, 11) is 0. The van der Waals surface area contributed by atoms with Crippen LogP contribution in [0, 0.1) is 0 Å². The fourth-order valence-corrected chi connectivity index (χ4v) is 2.46. The van der Waals surface area contributed by atoms with Crippen molar-refractivity contribution >= 4 is 5.69 Å². The first-order valence-electron chi connectivity index (χ1n) is 8.35. The van der Waals surface area contributed by atoms with Crippen molar-refractivity contribution in [3.05, 3.63) is 66.3 Å². The molecule has 0 spiro atoms. The predicted octanol–water partition coefficient (Wildman–Crippen LogP) is 4.48. The molecule has 120 valence electrons. The van der Waals surface area contributed by atoms with E-state index in [-0.39, 0.29) is 0 Å². The summed E-state index contributed by atoms with van der Waals surface area (Å²) in [5.41, 5.74) is 9.58. The molecule has 2 N–H and O–H groups in total. The highest BCUT2D eigenvalue weighted by atomic mass is 15.1. The lowest BCUT2D eigenvalue weighted by Crippen LogP contribution is -2.27. The second-order valence-corrected chi connectivity index (χ2v) is 5.16. The van der Waals surface area contributed by atoms with E-state index in [1.54, 1.807) is 0 Å². The van der Waals surface area contributed by atoms with Gasteiger partial charge in [-0.05, 0) is 37.4 Å². The number of rotatable bonds is 3. The van der Waals surface area contributed by atoms with Crippen LogP contribution >= 0.6 is 0 Å². The Morgan fingerprint density at radius 2 is 1.91 bits per heavy atom. The van der Waals surface area contributed by atoms with Crippen molar-refractivity contribution in [2.75, 3.05) is 24.5 Å². The second-order valence-electron chi connectivity index (χ2n) is 5.16. The minimum Gasteiger partial charge on any atom is -0.368 e. The Kier molecular flexibility index (Phi) is 9.01. The first kappa shape index (κ1) is 18.2. The standard InChI is InChI=1S/C18H24N2.C2H6/c1-16-8-3-2-6-14-20(15-7-13-19)18-10-5-4-9-17(18)12-11-16;1-2/h2-6,8-10H,1,7,11-15,19H2;1-2H3/b6-2-,8-3-;. The van der Waals surface area contributed by atoms with Crippen molar-refractivity contribution in [3.63, 3.8) is 0 Å². The molecule has 0 saturated carbocycles. The van der Waals surface area contributed by atoms with Crippen LogP contribution in [0.5, 0.6) is 0 Å². The van der Waals surface area contributed by atoms with Crippen LogP contribution in [0.1, 0.15) is 32.3 Å². The number of benzene rings is 1. The summed E-state index contributed by atoms with van der Waals surface area (Å²) in [6, 6.07) is 8.68. The molecule has 1 aromatic rings. The van der Waals surface area contributed by atoms with Crippen LogP contribution in [0.3, 0.4) is 0 Å². The molecule has 0 aromatic heterocycles. The molecule has 0 atom stereocenters. The normalized spacial score (nSPS) is 17.6. The van der Waals surface area contributed by atoms with E-state index in [0.29, 0.717) is 0 Å². The van der Waals surface area contributed by atoms with Gasteiger partial charge in [-0.2, -0.15) is 0 Å². The van der Waals surface area contributed by atoms with Gasteiger partial charge in [-0.3, -0.25) is 0 Å². The highest BCUT2D eigenvalue weighted by Gasteiger charge is 2.10. The fraction of sp³-hybridized carbons (Fsp3) is 0.400. The molecule has 2 nitrogen and oxygen atoms in total. The summed E-state index contributed by atoms with van der Waals surface area (Å²) in [6.07, 6.45) is 11.6. The molecule has 1 aliphatic rings. The number of hydrogen-bond donors (Lipinski definition) is 1. The summed E-state index contributed by atoms with van der Waals surface area (Å²) < 4.78 is 0. The average molecular weight is 298 g/mol. The molecule has 1 aromatic carbocycles. The predicted molar refractivity (Wildman–Crippen MR) is 99.4 cm³/mol. The summed E-state index contributed by atoms with van der Waals surface area (Å²) >= 11 is 0. The minimum absolute atomic E-state index is 0.735. The molecule has 0 bridgehead atoms. The zero-order valence-electron chi connectivity index (χ0n) is 14.1. The maximum Gasteiger partial charge on any atom is 0.0401 e. The van der Waals surface area contributed by atoms with Gasteiger partial charge in [0.15, 0.2) is 0 Å². The maximum atomic E-state index is 5.67. The lowest BCUT2D eigenvalue weighted by molar-refractivity contribution is 0.766. The third kappa shape index (κ3) is 5.90. The van der Waals surface area contributed by atoms with E-state index in [4.69, 9.17) is 5.73 Å². The second kappa shape index (κ2) is 10.9. The van der Waals surface area contributed by atoms with E-state index >= 15 is 0 Å². The van der Waals surface area contributed by atoms with Gasteiger partial charge in [-0.25, -0.2) is 0 Å². The summed E-state index contributed by atoms with van der Waals surface area (Å²) in [6.45, 7) is 10.8. The molecule has 1 aliphatic heterocycles. The Balaban J connectivity index is 0.00000116. The number of anilines is 1. The number of aryl methyl sites for hydroxylation is 1. The zero-order chi connectivity index (χ0) is 16.2. The Hall–Kier alpha value is -1.80. The summed E-state index contributed by atoms with van der Waals surface area (Å²) in [5.74, 6) is 0. The van der Waals surface area contributed by atoms with Crippen molar-refractivity contribution in [2.45, 2.75) is 33.1 Å². The SMILES string of the molecule is C=C1/C=C\C=C/CN(CCCN)c2ccccc2CC1.CC. The van der Waals surface area contributed by atoms with Crippen LogP contribution in [0.4, 0.5) is 5.69 Å². The van der Waals surface area contributed by atoms with Crippen LogP contribution in [-0.2, 0) is 6.42 Å². The molecule has 22 heavy (non-hydrogen) atoms. The van der Waals surface area contributed by atoms with Gasteiger partial charge in [0.05, 0.1) is 0 Å². The van der Waals surface area contributed by atoms with E-state index in [9.17, 15) is 0 Å². The molecular formula is C20H30N2. The first-order valence-corrected chi connectivity index (χ1v) is 8.35. The average Bonchev–Trinajstić information content (AvgIpc) is 2.60. The molecular weight excluding hydrogens is 268 g/mol. The van der Waals surface area contributed by atoms with Crippen molar-refractivity contribution in [3.8, 4) is 0 Å². The maximum absolute atomic E-state index is 5.67.